The first-order valence-electron chi connectivity index (χ1n) is 5.67. The summed E-state index contributed by atoms with van der Waals surface area (Å²) in [4.78, 5) is 5.83. The molecule has 90 valence electrons. The van der Waals surface area contributed by atoms with Gasteiger partial charge >= 0.3 is 0 Å². The summed E-state index contributed by atoms with van der Waals surface area (Å²) in [5, 5.41) is 3.37. The van der Waals surface area contributed by atoms with Gasteiger partial charge in [0.05, 0.1) is 10.7 Å². The maximum absolute atomic E-state index is 5.57. The molecule has 0 spiro atoms. The third kappa shape index (κ3) is 3.56. The van der Waals surface area contributed by atoms with E-state index in [1.165, 1.54) is 21.2 Å². The molecular formula is C13H16N2S2. The summed E-state index contributed by atoms with van der Waals surface area (Å²) in [7, 11) is 0. The van der Waals surface area contributed by atoms with Crippen LogP contribution in [0, 0.1) is 0 Å². The molecule has 4 heteroatoms. The van der Waals surface area contributed by atoms with Crippen molar-refractivity contribution in [2.24, 2.45) is 5.73 Å². The number of hydrogen-bond acceptors (Lipinski definition) is 4. The molecule has 0 aliphatic carbocycles. The molecule has 0 unspecified atom stereocenters. The van der Waals surface area contributed by atoms with Gasteiger partial charge in [0.1, 0.15) is 0 Å². The summed E-state index contributed by atoms with van der Waals surface area (Å²) >= 11 is 3.57. The van der Waals surface area contributed by atoms with Crippen LogP contribution < -0.4 is 5.73 Å². The largest absolute Gasteiger partial charge is 0.326 e. The molecule has 1 aromatic carbocycles. The Balaban J connectivity index is 1.92. The van der Waals surface area contributed by atoms with Gasteiger partial charge in [0.2, 0.25) is 0 Å². The topological polar surface area (TPSA) is 38.9 Å². The van der Waals surface area contributed by atoms with Gasteiger partial charge in [-0.3, -0.25) is 0 Å². The van der Waals surface area contributed by atoms with E-state index in [2.05, 4.69) is 41.6 Å². The molecule has 2 nitrogen and oxygen atoms in total. The molecule has 2 aromatic rings. The quantitative estimate of drug-likeness (QED) is 0.841. The first-order chi connectivity index (χ1) is 8.31. The summed E-state index contributed by atoms with van der Waals surface area (Å²) in [6.45, 7) is 2.75. The molecule has 0 aliphatic heterocycles. The van der Waals surface area contributed by atoms with Gasteiger partial charge in [0, 0.05) is 22.6 Å². The lowest BCUT2D eigenvalue weighted by atomic mass is 10.2. The molecule has 0 saturated heterocycles. The van der Waals surface area contributed by atoms with Crippen molar-refractivity contribution in [2.75, 3.05) is 0 Å². The Morgan fingerprint density at radius 2 is 2.06 bits per heavy atom. The predicted molar refractivity (Wildman–Crippen MR) is 75.4 cm³/mol. The van der Waals surface area contributed by atoms with E-state index in [1.54, 1.807) is 11.3 Å². The first-order valence-corrected chi connectivity index (χ1v) is 7.53. The molecule has 0 atom stereocenters. The van der Waals surface area contributed by atoms with Gasteiger partial charge in [-0.25, -0.2) is 4.98 Å². The number of thiazole rings is 1. The molecule has 0 fully saturated rings. The van der Waals surface area contributed by atoms with Crippen LogP contribution in [0.3, 0.4) is 0 Å². The molecule has 1 aromatic heterocycles. The van der Waals surface area contributed by atoms with Crippen molar-refractivity contribution in [2.45, 2.75) is 30.5 Å². The SMILES string of the molecule is CCc1nc(CSc2ccc(CN)cc2)cs1. The van der Waals surface area contributed by atoms with Gasteiger partial charge in [-0.2, -0.15) is 0 Å². The number of thioether (sulfide) groups is 1. The van der Waals surface area contributed by atoms with Crippen molar-refractivity contribution in [1.82, 2.24) is 4.98 Å². The van der Waals surface area contributed by atoms with Crippen LogP contribution in [-0.4, -0.2) is 4.98 Å². The maximum Gasteiger partial charge on any atom is 0.0925 e. The van der Waals surface area contributed by atoms with Crippen LogP contribution in [0.5, 0.6) is 0 Å². The van der Waals surface area contributed by atoms with Crippen molar-refractivity contribution in [3.8, 4) is 0 Å². The number of benzene rings is 1. The Labute approximate surface area is 110 Å². The normalized spacial score (nSPS) is 10.7. The fourth-order valence-electron chi connectivity index (χ4n) is 1.46. The number of aromatic nitrogens is 1. The minimum Gasteiger partial charge on any atom is -0.326 e. The number of rotatable bonds is 5. The highest BCUT2D eigenvalue weighted by atomic mass is 32.2. The summed E-state index contributed by atoms with van der Waals surface area (Å²) in [6, 6.07) is 8.42. The summed E-state index contributed by atoms with van der Waals surface area (Å²) < 4.78 is 0. The molecular weight excluding hydrogens is 248 g/mol. The van der Waals surface area contributed by atoms with Gasteiger partial charge in [0.15, 0.2) is 0 Å². The van der Waals surface area contributed by atoms with Gasteiger partial charge < -0.3 is 5.73 Å². The fraction of sp³-hybridized carbons (Fsp3) is 0.308. The zero-order valence-corrected chi connectivity index (χ0v) is 11.5. The smallest absolute Gasteiger partial charge is 0.0925 e. The van der Waals surface area contributed by atoms with E-state index in [9.17, 15) is 0 Å². The average molecular weight is 264 g/mol. The van der Waals surface area contributed by atoms with E-state index in [0.717, 1.165) is 12.2 Å². The van der Waals surface area contributed by atoms with Gasteiger partial charge in [0.25, 0.3) is 0 Å². The van der Waals surface area contributed by atoms with Gasteiger partial charge in [-0.1, -0.05) is 19.1 Å². The van der Waals surface area contributed by atoms with Crippen LogP contribution in [0.15, 0.2) is 34.5 Å². The Kier molecular flexibility index (Phi) is 4.59. The molecule has 0 bridgehead atoms. The molecule has 0 saturated carbocycles. The van der Waals surface area contributed by atoms with Crippen LogP contribution in [0.4, 0.5) is 0 Å². The third-order valence-corrected chi connectivity index (χ3v) is 4.54. The van der Waals surface area contributed by atoms with Crippen LogP contribution in [-0.2, 0) is 18.7 Å². The summed E-state index contributed by atoms with van der Waals surface area (Å²) in [6.07, 6.45) is 1.03. The van der Waals surface area contributed by atoms with Crippen molar-refractivity contribution >= 4 is 23.1 Å². The second-order valence-corrected chi connectivity index (χ2v) is 5.71. The molecule has 0 amide bonds. The van der Waals surface area contributed by atoms with Crippen LogP contribution in [0.2, 0.25) is 0 Å². The molecule has 0 radical (unpaired) electrons. The summed E-state index contributed by atoms with van der Waals surface area (Å²) in [5.41, 5.74) is 7.92. The lowest BCUT2D eigenvalue weighted by Gasteiger charge is -2.01. The van der Waals surface area contributed by atoms with E-state index in [0.29, 0.717) is 6.54 Å². The van der Waals surface area contributed by atoms with Crippen LogP contribution in [0.25, 0.3) is 0 Å². The van der Waals surface area contributed by atoms with E-state index in [1.807, 2.05) is 11.8 Å². The number of nitrogens with two attached hydrogens (primary N) is 1. The zero-order chi connectivity index (χ0) is 12.1. The summed E-state index contributed by atoms with van der Waals surface area (Å²) in [5.74, 6) is 0.943. The fourth-order valence-corrected chi connectivity index (χ4v) is 3.10. The van der Waals surface area contributed by atoms with E-state index < -0.39 is 0 Å². The second-order valence-electron chi connectivity index (χ2n) is 3.72. The van der Waals surface area contributed by atoms with Crippen LogP contribution >= 0.6 is 23.1 Å². The van der Waals surface area contributed by atoms with Crippen LogP contribution in [0.1, 0.15) is 23.2 Å². The Hall–Kier alpha value is -0.840. The van der Waals surface area contributed by atoms with Gasteiger partial charge in [-0.15, -0.1) is 23.1 Å². The number of nitrogens with zero attached hydrogens (tertiary/aromatic N) is 1. The van der Waals surface area contributed by atoms with E-state index in [4.69, 9.17) is 5.73 Å². The molecule has 0 aliphatic rings. The number of aryl methyl sites for hydroxylation is 1. The van der Waals surface area contributed by atoms with Crippen molar-refractivity contribution in [1.29, 1.82) is 0 Å². The minimum absolute atomic E-state index is 0.608. The monoisotopic (exact) mass is 264 g/mol. The third-order valence-electron chi connectivity index (χ3n) is 2.45. The highest BCUT2D eigenvalue weighted by molar-refractivity contribution is 7.98. The Morgan fingerprint density at radius 3 is 2.65 bits per heavy atom. The lowest BCUT2D eigenvalue weighted by molar-refractivity contribution is 1.06. The molecule has 2 rings (SSSR count). The van der Waals surface area contributed by atoms with E-state index >= 15 is 0 Å². The molecule has 17 heavy (non-hydrogen) atoms. The second kappa shape index (κ2) is 6.19. The van der Waals surface area contributed by atoms with E-state index in [-0.39, 0.29) is 0 Å². The minimum atomic E-state index is 0.608. The van der Waals surface area contributed by atoms with Crippen molar-refractivity contribution in [3.05, 3.63) is 45.9 Å². The maximum atomic E-state index is 5.57. The highest BCUT2D eigenvalue weighted by Gasteiger charge is 2.01. The first kappa shape index (κ1) is 12.6. The Morgan fingerprint density at radius 1 is 1.29 bits per heavy atom. The van der Waals surface area contributed by atoms with Crippen molar-refractivity contribution in [3.63, 3.8) is 0 Å². The molecule has 2 N–H and O–H groups in total. The highest BCUT2D eigenvalue weighted by Crippen LogP contribution is 2.24. The molecule has 1 heterocycles. The average Bonchev–Trinajstić information content (AvgIpc) is 2.85. The standard InChI is InChI=1S/C13H16N2S2/c1-2-13-15-11(9-17-13)8-16-12-5-3-10(7-14)4-6-12/h3-6,9H,2,7-8,14H2,1H3. The predicted octanol–water partition coefficient (Wildman–Crippen LogP) is 3.46. The van der Waals surface area contributed by atoms with Gasteiger partial charge in [-0.05, 0) is 24.1 Å². The zero-order valence-electron chi connectivity index (χ0n) is 9.85. The Bertz CT molecular complexity index is 463. The van der Waals surface area contributed by atoms with Crippen molar-refractivity contribution < 1.29 is 0 Å². The lowest BCUT2D eigenvalue weighted by Crippen LogP contribution is -1.94. The number of hydrogen-bond donors (Lipinski definition) is 1.